The summed E-state index contributed by atoms with van der Waals surface area (Å²) in [6.07, 6.45) is 1.91. The Morgan fingerprint density at radius 3 is 2.53 bits per heavy atom. The van der Waals surface area contributed by atoms with Crippen molar-refractivity contribution in [3.8, 4) is 6.07 Å². The summed E-state index contributed by atoms with van der Waals surface area (Å²) < 4.78 is 0.977. The fraction of sp³-hybridized carbons (Fsp3) is 0.0667. The first kappa shape index (κ1) is 13.3. The second kappa shape index (κ2) is 6.17. The smallest absolute Gasteiger partial charge is 0.117 e. The molecule has 1 heterocycles. The van der Waals surface area contributed by atoms with Gasteiger partial charge in [0.25, 0.3) is 0 Å². The van der Waals surface area contributed by atoms with Crippen LogP contribution >= 0.6 is 15.9 Å². The molecule has 3 nitrogen and oxygen atoms in total. The van der Waals surface area contributed by atoms with Gasteiger partial charge in [0.2, 0.25) is 0 Å². The highest BCUT2D eigenvalue weighted by Gasteiger charge is 2.09. The molecule has 0 aliphatic carbocycles. The van der Waals surface area contributed by atoms with Crippen LogP contribution in [0.1, 0.15) is 11.3 Å². The number of aromatic nitrogens is 1. The zero-order valence-electron chi connectivity index (χ0n) is 10.0. The van der Waals surface area contributed by atoms with Crippen LogP contribution in [0.25, 0.3) is 5.57 Å². The Balaban J connectivity index is 2.30. The third-order valence-electron chi connectivity index (χ3n) is 2.61. The molecule has 0 atom stereocenters. The molecule has 0 amide bonds. The molecule has 1 aromatic heterocycles. The van der Waals surface area contributed by atoms with E-state index in [2.05, 4.69) is 20.9 Å². The summed E-state index contributed by atoms with van der Waals surface area (Å²) >= 11 is 3.35. The van der Waals surface area contributed by atoms with Gasteiger partial charge >= 0.3 is 0 Å². The quantitative estimate of drug-likeness (QED) is 0.691. The highest BCUT2D eigenvalue weighted by atomic mass is 79.9. The largest absolute Gasteiger partial charge is 0.510 e. The molecule has 4 heteroatoms. The van der Waals surface area contributed by atoms with Gasteiger partial charge in [0.1, 0.15) is 17.4 Å². The summed E-state index contributed by atoms with van der Waals surface area (Å²) in [5, 5.41) is 19.2. The number of pyridine rings is 1. The minimum absolute atomic E-state index is 0.0310. The van der Waals surface area contributed by atoms with Crippen LogP contribution in [0.2, 0.25) is 0 Å². The number of nitriles is 1. The van der Waals surface area contributed by atoms with Gasteiger partial charge in [0.05, 0.1) is 5.69 Å². The van der Waals surface area contributed by atoms with E-state index in [9.17, 15) is 5.11 Å². The van der Waals surface area contributed by atoms with E-state index in [0.717, 1.165) is 10.0 Å². The number of benzene rings is 1. The molecule has 0 unspecified atom stereocenters. The average molecular weight is 315 g/mol. The molecule has 0 aliphatic heterocycles. The lowest BCUT2D eigenvalue weighted by Crippen LogP contribution is -1.96. The molecule has 0 fully saturated rings. The third kappa shape index (κ3) is 3.43. The maximum Gasteiger partial charge on any atom is 0.117 e. The fourth-order valence-electron chi connectivity index (χ4n) is 1.66. The van der Waals surface area contributed by atoms with Gasteiger partial charge in [-0.1, -0.05) is 34.1 Å². The number of aliphatic hydroxyl groups excluding tert-OH is 1. The lowest BCUT2D eigenvalue weighted by atomic mass is 10.1. The summed E-state index contributed by atoms with van der Waals surface area (Å²) in [6, 6.07) is 14.9. The van der Waals surface area contributed by atoms with Crippen LogP contribution in [-0.4, -0.2) is 10.1 Å². The van der Waals surface area contributed by atoms with Gasteiger partial charge in [0.15, 0.2) is 0 Å². The van der Waals surface area contributed by atoms with Crippen molar-refractivity contribution in [2.45, 2.75) is 6.42 Å². The van der Waals surface area contributed by atoms with E-state index in [-0.39, 0.29) is 11.3 Å². The number of hydrogen-bond acceptors (Lipinski definition) is 3. The fourth-order valence-corrected chi connectivity index (χ4v) is 1.93. The predicted octanol–water partition coefficient (Wildman–Crippen LogP) is 3.88. The van der Waals surface area contributed by atoms with Crippen LogP contribution in [0, 0.1) is 11.3 Å². The molecule has 2 aromatic rings. The van der Waals surface area contributed by atoms with Gasteiger partial charge in [-0.25, -0.2) is 0 Å². The molecule has 0 spiro atoms. The number of halogens is 1. The average Bonchev–Trinajstić information content (AvgIpc) is 2.43. The van der Waals surface area contributed by atoms with Crippen molar-refractivity contribution in [3.05, 3.63) is 70.2 Å². The lowest BCUT2D eigenvalue weighted by molar-refractivity contribution is 0.402. The summed E-state index contributed by atoms with van der Waals surface area (Å²) in [5.41, 5.74) is 1.63. The van der Waals surface area contributed by atoms with Crippen molar-refractivity contribution in [3.63, 3.8) is 0 Å². The van der Waals surface area contributed by atoms with Gasteiger partial charge in [-0.05, 0) is 29.8 Å². The molecule has 94 valence electrons. The highest BCUT2D eigenvalue weighted by Crippen LogP contribution is 2.19. The van der Waals surface area contributed by atoms with Gasteiger partial charge < -0.3 is 5.11 Å². The minimum Gasteiger partial charge on any atom is -0.510 e. The Kier molecular flexibility index (Phi) is 4.32. The van der Waals surface area contributed by atoms with E-state index < -0.39 is 0 Å². The highest BCUT2D eigenvalue weighted by molar-refractivity contribution is 9.10. The number of aliphatic hydroxyl groups is 1. The number of rotatable bonds is 3. The Morgan fingerprint density at radius 2 is 1.95 bits per heavy atom. The van der Waals surface area contributed by atoms with Crippen LogP contribution in [0.3, 0.4) is 0 Å². The van der Waals surface area contributed by atoms with Gasteiger partial charge in [-0.3, -0.25) is 4.98 Å². The van der Waals surface area contributed by atoms with Gasteiger partial charge in [0, 0.05) is 17.1 Å². The van der Waals surface area contributed by atoms with E-state index in [1.807, 2.05) is 30.3 Å². The molecular weight excluding hydrogens is 304 g/mol. The Labute approximate surface area is 120 Å². The molecular formula is C15H11BrN2O. The normalized spacial score (nSPS) is 11.6. The SMILES string of the molecule is N#CC(=C(O)Cc1ccc(Br)cc1)c1ccccn1. The monoisotopic (exact) mass is 314 g/mol. The number of hydrogen-bond donors (Lipinski definition) is 1. The standard InChI is InChI=1S/C15H11BrN2O/c16-12-6-4-11(5-7-12)9-15(19)13(10-17)14-3-1-2-8-18-14/h1-8,19H,9H2. The zero-order valence-corrected chi connectivity index (χ0v) is 11.6. The summed E-state index contributed by atoms with van der Waals surface area (Å²) in [7, 11) is 0. The van der Waals surface area contributed by atoms with Crippen molar-refractivity contribution < 1.29 is 5.11 Å². The topological polar surface area (TPSA) is 56.9 Å². The molecule has 0 radical (unpaired) electrons. The summed E-state index contributed by atoms with van der Waals surface area (Å²) in [4.78, 5) is 4.08. The van der Waals surface area contributed by atoms with Crippen LogP contribution in [0.4, 0.5) is 0 Å². The van der Waals surface area contributed by atoms with E-state index in [4.69, 9.17) is 5.26 Å². The van der Waals surface area contributed by atoms with E-state index in [1.54, 1.807) is 24.4 Å². The Bertz CT molecular complexity index is 627. The minimum atomic E-state index is 0.0310. The van der Waals surface area contributed by atoms with Crippen molar-refractivity contribution in [2.75, 3.05) is 0 Å². The zero-order chi connectivity index (χ0) is 13.7. The summed E-state index contributed by atoms with van der Waals surface area (Å²) in [5.74, 6) is 0.0310. The Morgan fingerprint density at radius 1 is 1.21 bits per heavy atom. The van der Waals surface area contributed by atoms with Crippen LogP contribution in [0.15, 0.2) is 58.9 Å². The van der Waals surface area contributed by atoms with E-state index in [1.165, 1.54) is 0 Å². The van der Waals surface area contributed by atoms with Crippen molar-refractivity contribution in [2.24, 2.45) is 0 Å². The first-order chi connectivity index (χ1) is 9.20. The van der Waals surface area contributed by atoms with Crippen molar-refractivity contribution >= 4 is 21.5 Å². The first-order valence-electron chi connectivity index (χ1n) is 5.69. The molecule has 0 aliphatic rings. The number of allylic oxidation sites excluding steroid dienone is 2. The third-order valence-corrected chi connectivity index (χ3v) is 3.13. The van der Waals surface area contributed by atoms with Crippen LogP contribution in [0.5, 0.6) is 0 Å². The molecule has 0 saturated carbocycles. The molecule has 2 rings (SSSR count). The van der Waals surface area contributed by atoms with Crippen molar-refractivity contribution in [1.29, 1.82) is 5.26 Å². The van der Waals surface area contributed by atoms with Crippen molar-refractivity contribution in [1.82, 2.24) is 4.98 Å². The molecule has 0 bridgehead atoms. The second-order valence-electron chi connectivity index (χ2n) is 3.95. The maximum atomic E-state index is 10.1. The van der Waals surface area contributed by atoms with E-state index >= 15 is 0 Å². The van der Waals surface area contributed by atoms with Crippen LogP contribution in [-0.2, 0) is 6.42 Å². The lowest BCUT2D eigenvalue weighted by Gasteiger charge is -2.04. The Hall–Kier alpha value is -2.12. The first-order valence-corrected chi connectivity index (χ1v) is 6.48. The molecule has 19 heavy (non-hydrogen) atoms. The van der Waals surface area contributed by atoms with Gasteiger partial charge in [-0.15, -0.1) is 0 Å². The summed E-state index contributed by atoms with van der Waals surface area (Å²) in [6.45, 7) is 0. The molecule has 0 saturated heterocycles. The number of nitrogens with zero attached hydrogens (tertiary/aromatic N) is 2. The van der Waals surface area contributed by atoms with Gasteiger partial charge in [-0.2, -0.15) is 5.26 Å². The second-order valence-corrected chi connectivity index (χ2v) is 4.87. The molecule has 1 aromatic carbocycles. The predicted molar refractivity (Wildman–Crippen MR) is 77.2 cm³/mol. The van der Waals surface area contributed by atoms with Crippen LogP contribution < -0.4 is 0 Å². The maximum absolute atomic E-state index is 10.1. The molecule has 1 N–H and O–H groups in total. The van der Waals surface area contributed by atoms with E-state index in [0.29, 0.717) is 12.1 Å².